The van der Waals surface area contributed by atoms with Crippen LogP contribution < -0.4 is 16.0 Å². The maximum atomic E-state index is 12.7. The summed E-state index contributed by atoms with van der Waals surface area (Å²) in [6.07, 6.45) is 22.6. The van der Waals surface area contributed by atoms with Crippen LogP contribution in [0.3, 0.4) is 0 Å². The Hall–Kier alpha value is -7.04. The van der Waals surface area contributed by atoms with Gasteiger partial charge in [-0.25, -0.2) is 44.9 Å². The topological polar surface area (TPSA) is 274 Å². The van der Waals surface area contributed by atoms with Crippen molar-refractivity contribution in [2.75, 3.05) is 16.0 Å². The van der Waals surface area contributed by atoms with E-state index in [4.69, 9.17) is 17.3 Å². The fourth-order valence-corrected chi connectivity index (χ4v) is 8.94. The van der Waals surface area contributed by atoms with Crippen LogP contribution in [0.2, 0.25) is 5.15 Å². The Morgan fingerprint density at radius 2 is 1.05 bits per heavy atom. The van der Waals surface area contributed by atoms with Gasteiger partial charge in [-0.15, -0.1) is 22.7 Å². The fourth-order valence-electron chi connectivity index (χ4n) is 6.59. The van der Waals surface area contributed by atoms with Gasteiger partial charge in [0.1, 0.15) is 28.4 Å². The van der Waals surface area contributed by atoms with Crippen LogP contribution in [0.15, 0.2) is 126 Å². The molecule has 3 fully saturated rings. The molecule has 3 N–H and O–H groups in total. The zero-order chi connectivity index (χ0) is 56.1. The fraction of sp³-hybridized carbons (Fsp3) is 0.260. The zero-order valence-corrected chi connectivity index (χ0v) is 50.8. The smallest absolute Gasteiger partial charge is 0.396 e. The summed E-state index contributed by atoms with van der Waals surface area (Å²) in [6.45, 7) is 0.388. The first-order valence-electron chi connectivity index (χ1n) is 23.9. The van der Waals surface area contributed by atoms with Gasteiger partial charge in [0.2, 0.25) is 11.6 Å². The molecule has 0 amide bonds. The average molecular weight is 1470 g/mol. The van der Waals surface area contributed by atoms with Crippen molar-refractivity contribution in [2.45, 2.75) is 80.5 Å². The molecule has 32 heteroatoms. The van der Waals surface area contributed by atoms with Crippen molar-refractivity contribution in [1.82, 2.24) is 80.1 Å². The van der Waals surface area contributed by atoms with Gasteiger partial charge in [0.25, 0.3) is 0 Å². The molecule has 0 atom stereocenters. The van der Waals surface area contributed by atoms with Crippen LogP contribution in [-0.4, -0.2) is 80.1 Å². The number of anilines is 5. The summed E-state index contributed by atoms with van der Waals surface area (Å²) in [5.74, 6) is 2.85. The number of nitrogens with two attached hydrogens (primary N) is 1. The summed E-state index contributed by atoms with van der Waals surface area (Å²) >= 11 is 11.2. The second-order valence-electron chi connectivity index (χ2n) is 17.2. The number of aromatic nitrogens is 16. The number of hydrogen-bond acceptors (Lipinski definition) is 23. The summed E-state index contributed by atoms with van der Waals surface area (Å²) in [4.78, 5) is 61.2. The Bertz CT molecular complexity index is 3490. The number of halogens is 8. The molecule has 0 spiro atoms. The molecule has 424 valence electrons. The molecule has 10 aromatic heterocycles. The first kappa shape index (κ1) is 62.6. The number of thiophene rings is 2. The van der Waals surface area contributed by atoms with Crippen molar-refractivity contribution in [3.05, 3.63) is 169 Å². The van der Waals surface area contributed by atoms with Crippen molar-refractivity contribution >= 4 is 78.9 Å². The number of nitrogen functional groups attached to an aromatic ring is 1. The van der Waals surface area contributed by atoms with E-state index in [1.54, 1.807) is 111 Å². The van der Waals surface area contributed by atoms with Crippen molar-refractivity contribution < 1.29 is 66.5 Å². The van der Waals surface area contributed by atoms with E-state index in [2.05, 4.69) is 110 Å². The van der Waals surface area contributed by atoms with E-state index in [1.165, 1.54) is 54.6 Å². The first-order valence-corrected chi connectivity index (χ1v) is 27.0. The molecule has 13 rings (SSSR count). The minimum Gasteiger partial charge on any atom is -0.396 e. The Labute approximate surface area is 508 Å². The molecular weight excluding hydrogens is 1430 g/mol. The van der Waals surface area contributed by atoms with E-state index in [-0.39, 0.29) is 50.2 Å². The number of rotatable bonds is 12. The van der Waals surface area contributed by atoms with Gasteiger partial charge in [-0.2, -0.15) is 36.3 Å². The summed E-state index contributed by atoms with van der Waals surface area (Å²) in [7, 11) is 0. The molecule has 3 aliphatic carbocycles. The average Bonchev–Trinajstić information content (AvgIpc) is 4.52. The minimum atomic E-state index is -4.68. The van der Waals surface area contributed by atoms with Gasteiger partial charge in [-0.3, -0.25) is 15.0 Å². The molecule has 21 nitrogen and oxygen atoms in total. The molecule has 10 heterocycles. The van der Waals surface area contributed by atoms with Crippen LogP contribution in [0, 0.1) is 38.5 Å². The van der Waals surface area contributed by atoms with E-state index >= 15 is 0 Å². The van der Waals surface area contributed by atoms with Crippen molar-refractivity contribution in [3.8, 4) is 21.4 Å². The zero-order valence-electron chi connectivity index (χ0n) is 42.7. The molecule has 0 radical (unpaired) electrons. The third-order valence-electron chi connectivity index (χ3n) is 10.9. The molecule has 0 aliphatic heterocycles. The van der Waals surface area contributed by atoms with E-state index in [1.807, 2.05) is 4.90 Å². The molecule has 3 saturated carbocycles. The Morgan fingerprint density at radius 1 is 0.585 bits per heavy atom. The minimum absolute atomic E-state index is 0. The van der Waals surface area contributed by atoms with Crippen molar-refractivity contribution in [2.24, 2.45) is 0 Å². The van der Waals surface area contributed by atoms with Crippen LogP contribution in [0.25, 0.3) is 21.4 Å². The second-order valence-corrected chi connectivity index (χ2v) is 20.5. The maximum Gasteiger partial charge on any atom is 0.471 e. The first-order chi connectivity index (χ1) is 38.6. The van der Waals surface area contributed by atoms with Gasteiger partial charge < -0.3 is 32.4 Å². The summed E-state index contributed by atoms with van der Waals surface area (Å²) in [5.41, 5.74) is 7.64. The number of alkyl halides is 7. The van der Waals surface area contributed by atoms with Crippen LogP contribution in [0.4, 0.5) is 55.0 Å². The van der Waals surface area contributed by atoms with Gasteiger partial charge in [-0.05, 0) is 62.8 Å². The van der Waals surface area contributed by atoms with E-state index in [9.17, 15) is 26.3 Å². The summed E-state index contributed by atoms with van der Waals surface area (Å²) in [5, 5.41) is 10.9. The van der Waals surface area contributed by atoms with E-state index in [0.717, 1.165) is 51.4 Å². The van der Waals surface area contributed by atoms with Crippen LogP contribution in [0.5, 0.6) is 0 Å². The predicted molar refractivity (Wildman–Crippen MR) is 291 cm³/mol. The number of nitrogens with one attached hydrogen (secondary N) is 1. The molecular formula is C50H44BrClF6N19O2S2U-. The molecule has 0 aromatic carbocycles. The van der Waals surface area contributed by atoms with E-state index < -0.39 is 24.1 Å². The molecule has 82 heavy (non-hydrogen) atoms. The Morgan fingerprint density at radius 3 is 1.45 bits per heavy atom. The standard InChI is InChI=1S/C19H14F3N7OS.C11H11N5.C8H4BrF3N2OS.C7H9N3.C4H3ClN2.CH3.U/c20-19(21,22)18-27-17(28-30-18)14-4-3-13(31-14)10-29(15-9-23-5-6-24-15)12-7-25-16(26-8-12)11-1-2-11;1-2-8(1)11-14-5-9(6-15-11)16-10-7-12-3-4-13-10;9-3-4-1-2-5(16-4)6-13-7(15-14-6)8(10,11)12;8-6-3-9-7(10-4-6)5-1-2-5;5-4-3-6-1-2-7-4;;/h3-9,11H,1-2,10H2;3-8H,1-2H2,(H,13,16);1-2H,3H2;3-5H,1-2,8H2;1-3H;1H3;/q;;;;;-1;. The van der Waals surface area contributed by atoms with Gasteiger partial charge in [0.05, 0.1) is 89.1 Å². The molecule has 3 aliphatic rings. The Kier molecular flexibility index (Phi) is 22.3. The third kappa shape index (κ3) is 18.7. The summed E-state index contributed by atoms with van der Waals surface area (Å²) in [6, 6.07) is 6.91. The largest absolute Gasteiger partial charge is 0.471 e. The molecule has 0 bridgehead atoms. The van der Waals surface area contributed by atoms with Crippen molar-refractivity contribution in [1.29, 1.82) is 0 Å². The van der Waals surface area contributed by atoms with Crippen LogP contribution >= 0.6 is 50.2 Å². The van der Waals surface area contributed by atoms with Gasteiger partial charge >= 0.3 is 24.1 Å². The van der Waals surface area contributed by atoms with Crippen LogP contribution in [0.1, 0.15) is 95.3 Å². The second kappa shape index (κ2) is 29.3. The Balaban J connectivity index is 0.000000161. The number of nitrogens with zero attached hydrogens (tertiary/aromatic N) is 17. The number of hydrogen-bond donors (Lipinski definition) is 2. The quantitative estimate of drug-likeness (QED) is 0.0653. The third-order valence-corrected chi connectivity index (χ3v) is 14.2. The normalized spacial score (nSPS) is 13.4. The van der Waals surface area contributed by atoms with Gasteiger partial charge in [-0.1, -0.05) is 37.8 Å². The summed E-state index contributed by atoms with van der Waals surface area (Å²) < 4.78 is 83.2. The molecule has 10 aromatic rings. The maximum absolute atomic E-state index is 12.7. The monoisotopic (exact) mass is 1470 g/mol. The van der Waals surface area contributed by atoms with Gasteiger partial charge in [0.15, 0.2) is 5.82 Å². The molecule has 0 saturated heterocycles. The SMILES string of the molecule is Clc1cnccn1.FC(F)(F)c1nc(-c2ccc(CBr)s2)no1.FC(F)(F)c1nc(-c2ccc(CN(c3cnc(C4CC4)nc3)c3cnccn3)s2)no1.Nc1cnc(C2CC2)nc1.[CH3-].[U].c1cnc(Nc2cnc(C3CC3)nc2)cn1. The molecule has 0 unspecified atom stereocenters. The van der Waals surface area contributed by atoms with Gasteiger partial charge in [0, 0.05) is 101 Å². The van der Waals surface area contributed by atoms with Crippen LogP contribution in [-0.2, 0) is 24.2 Å². The predicted octanol–water partition coefficient (Wildman–Crippen LogP) is 12.7. The van der Waals surface area contributed by atoms with Crippen molar-refractivity contribution in [3.63, 3.8) is 0 Å². The van der Waals surface area contributed by atoms with E-state index in [0.29, 0.717) is 61.9 Å².